The second kappa shape index (κ2) is 12.8. The van der Waals surface area contributed by atoms with Crippen molar-refractivity contribution in [3.8, 4) is 11.1 Å². The highest BCUT2D eigenvalue weighted by atomic mass is 19.4. The smallest absolute Gasteiger partial charge is 0.368 e. The number of aromatic nitrogens is 1. The van der Waals surface area contributed by atoms with E-state index >= 15 is 0 Å². The number of primary amides is 1. The van der Waals surface area contributed by atoms with Gasteiger partial charge in [0, 0.05) is 29.2 Å². The Morgan fingerprint density at radius 2 is 1.52 bits per heavy atom. The number of nitrogens with one attached hydrogen (secondary N) is 1. The monoisotopic (exact) mass is 576 g/mol. The normalized spacial score (nSPS) is 14.7. The highest BCUT2D eigenvalue weighted by molar-refractivity contribution is 5.94. The Morgan fingerprint density at radius 3 is 2.17 bits per heavy atom. The quantitative estimate of drug-likeness (QED) is 0.221. The Bertz CT molecular complexity index is 1520. The molecule has 5 rings (SSSR count). The summed E-state index contributed by atoms with van der Waals surface area (Å²) in [6.45, 7) is 3.77. The second-order valence-corrected chi connectivity index (χ2v) is 10.9. The third-order valence-electron chi connectivity index (χ3n) is 8.05. The minimum absolute atomic E-state index is 0.162. The number of nitrogens with zero attached hydrogens (tertiary/aromatic N) is 2. The number of alkyl halides is 3. The molecule has 0 saturated carbocycles. The Morgan fingerprint density at radius 1 is 0.881 bits per heavy atom. The number of nitrogens with two attached hydrogens (primary N) is 1. The zero-order chi connectivity index (χ0) is 29.7. The van der Waals surface area contributed by atoms with Gasteiger partial charge in [-0.3, -0.25) is 9.59 Å². The van der Waals surface area contributed by atoms with Crippen molar-refractivity contribution in [2.24, 2.45) is 5.73 Å². The third kappa shape index (κ3) is 7.02. The van der Waals surface area contributed by atoms with E-state index in [1.807, 2.05) is 22.8 Å². The van der Waals surface area contributed by atoms with Crippen molar-refractivity contribution in [3.63, 3.8) is 0 Å². The van der Waals surface area contributed by atoms with Crippen LogP contribution in [0.15, 0.2) is 79.0 Å². The number of unbranched alkanes of at least 4 members (excludes halogenated alkanes) is 1. The van der Waals surface area contributed by atoms with Gasteiger partial charge in [0.05, 0.1) is 5.56 Å². The predicted molar refractivity (Wildman–Crippen MR) is 158 cm³/mol. The predicted octanol–water partition coefficient (Wildman–Crippen LogP) is 6.20. The molecule has 42 heavy (non-hydrogen) atoms. The SMILES string of the molecule is NC(=O)Cn1cc(C2CCN(CCCCNC(=O)c3ccc(-c4ccc(C(F)(F)F)cc4)cc3)CC2)c2ccccc21. The van der Waals surface area contributed by atoms with Crippen molar-refractivity contribution in [2.45, 2.75) is 44.3 Å². The van der Waals surface area contributed by atoms with E-state index in [4.69, 9.17) is 5.73 Å². The zero-order valence-electron chi connectivity index (χ0n) is 23.4. The third-order valence-corrected chi connectivity index (χ3v) is 8.05. The van der Waals surface area contributed by atoms with Crippen molar-refractivity contribution in [1.29, 1.82) is 0 Å². The fourth-order valence-electron chi connectivity index (χ4n) is 5.80. The molecule has 1 saturated heterocycles. The second-order valence-electron chi connectivity index (χ2n) is 10.9. The van der Waals surface area contributed by atoms with E-state index in [0.29, 0.717) is 23.6 Å². The van der Waals surface area contributed by atoms with Gasteiger partial charge in [0.15, 0.2) is 0 Å². The molecule has 1 fully saturated rings. The minimum atomic E-state index is -4.37. The standard InChI is InChI=1S/C33H35F3N4O2/c34-33(35,36)27-13-11-24(12-14-27)23-7-9-26(10-8-23)32(42)38-17-3-4-18-39-19-15-25(16-20-39)29-21-40(22-31(37)41)30-6-2-1-5-28(29)30/h1-2,5-14,21,25H,3-4,15-20,22H2,(H2,37,41)(H,38,42). The molecule has 0 aliphatic carbocycles. The zero-order valence-corrected chi connectivity index (χ0v) is 23.4. The topological polar surface area (TPSA) is 80.4 Å². The van der Waals surface area contributed by atoms with Crippen LogP contribution < -0.4 is 11.1 Å². The fraction of sp³-hybridized carbons (Fsp3) is 0.333. The molecule has 9 heteroatoms. The Balaban J connectivity index is 1.03. The molecule has 2 heterocycles. The number of benzene rings is 3. The number of para-hydroxylation sites is 1. The molecule has 0 atom stereocenters. The van der Waals surface area contributed by atoms with Gasteiger partial charge in [0.25, 0.3) is 5.91 Å². The number of amides is 2. The molecule has 6 nitrogen and oxygen atoms in total. The summed E-state index contributed by atoms with van der Waals surface area (Å²) < 4.78 is 40.3. The largest absolute Gasteiger partial charge is 0.416 e. The van der Waals surface area contributed by atoms with Gasteiger partial charge in [-0.2, -0.15) is 13.2 Å². The maximum Gasteiger partial charge on any atom is 0.416 e. The van der Waals surface area contributed by atoms with Gasteiger partial charge >= 0.3 is 6.18 Å². The van der Waals surface area contributed by atoms with Crippen LogP contribution in [-0.4, -0.2) is 47.5 Å². The lowest BCUT2D eigenvalue weighted by molar-refractivity contribution is -0.137. The van der Waals surface area contributed by atoms with E-state index in [0.717, 1.165) is 68.5 Å². The summed E-state index contributed by atoms with van der Waals surface area (Å²) in [6.07, 6.45) is 1.70. The van der Waals surface area contributed by atoms with E-state index in [-0.39, 0.29) is 18.4 Å². The summed E-state index contributed by atoms with van der Waals surface area (Å²) in [6, 6.07) is 20.0. The number of hydrogen-bond donors (Lipinski definition) is 2. The highest BCUT2D eigenvalue weighted by Crippen LogP contribution is 2.35. The average Bonchev–Trinajstić information content (AvgIpc) is 3.34. The molecule has 3 aromatic carbocycles. The summed E-state index contributed by atoms with van der Waals surface area (Å²) in [5.74, 6) is -0.0570. The first-order chi connectivity index (χ1) is 20.2. The molecule has 2 amide bonds. The number of fused-ring (bicyclic) bond motifs is 1. The lowest BCUT2D eigenvalue weighted by Gasteiger charge is -2.32. The first-order valence-electron chi connectivity index (χ1n) is 14.3. The molecule has 220 valence electrons. The Labute approximate surface area is 243 Å². The summed E-state index contributed by atoms with van der Waals surface area (Å²) >= 11 is 0. The molecule has 0 radical (unpaired) electrons. The minimum Gasteiger partial charge on any atom is -0.368 e. The van der Waals surface area contributed by atoms with Crippen molar-refractivity contribution < 1.29 is 22.8 Å². The molecule has 3 N–H and O–H groups in total. The van der Waals surface area contributed by atoms with E-state index in [1.165, 1.54) is 23.1 Å². The van der Waals surface area contributed by atoms with Crippen LogP contribution in [0.2, 0.25) is 0 Å². The Hall–Kier alpha value is -4.11. The maximum atomic E-state index is 12.8. The van der Waals surface area contributed by atoms with Crippen LogP contribution in [0.3, 0.4) is 0 Å². The van der Waals surface area contributed by atoms with Crippen LogP contribution in [-0.2, 0) is 17.5 Å². The van der Waals surface area contributed by atoms with Gasteiger partial charge in [-0.05, 0) is 98.3 Å². The van der Waals surface area contributed by atoms with Crippen LogP contribution >= 0.6 is 0 Å². The van der Waals surface area contributed by atoms with Crippen LogP contribution in [0.25, 0.3) is 22.0 Å². The van der Waals surface area contributed by atoms with Gasteiger partial charge in [-0.25, -0.2) is 0 Å². The first kappa shape index (κ1) is 29.4. The number of piperidine rings is 1. The van der Waals surface area contributed by atoms with Crippen molar-refractivity contribution in [3.05, 3.63) is 95.7 Å². The number of likely N-dealkylation sites (tertiary alicyclic amines) is 1. The number of rotatable bonds is 10. The molecule has 0 spiro atoms. The summed E-state index contributed by atoms with van der Waals surface area (Å²) in [5.41, 5.74) is 9.04. The van der Waals surface area contributed by atoms with Crippen molar-refractivity contribution >= 4 is 22.7 Å². The van der Waals surface area contributed by atoms with Gasteiger partial charge in [0.2, 0.25) is 5.91 Å². The summed E-state index contributed by atoms with van der Waals surface area (Å²) in [7, 11) is 0. The fourth-order valence-corrected chi connectivity index (χ4v) is 5.80. The number of halogens is 3. The van der Waals surface area contributed by atoms with Crippen molar-refractivity contribution in [2.75, 3.05) is 26.2 Å². The van der Waals surface area contributed by atoms with Crippen molar-refractivity contribution in [1.82, 2.24) is 14.8 Å². The molecule has 0 bridgehead atoms. The number of carbonyl (C=O) groups is 2. The molecule has 1 aliphatic heterocycles. The molecule has 1 aromatic heterocycles. The molecule has 1 aliphatic rings. The lowest BCUT2D eigenvalue weighted by atomic mass is 9.89. The summed E-state index contributed by atoms with van der Waals surface area (Å²) in [5, 5.41) is 4.16. The Kier molecular flexibility index (Phi) is 8.97. The van der Waals surface area contributed by atoms with E-state index < -0.39 is 11.7 Å². The van der Waals surface area contributed by atoms with Gasteiger partial charge < -0.3 is 20.5 Å². The highest BCUT2D eigenvalue weighted by Gasteiger charge is 2.30. The molecular formula is C33H35F3N4O2. The van der Waals surface area contributed by atoms with Gasteiger partial charge in [0.1, 0.15) is 6.54 Å². The first-order valence-corrected chi connectivity index (χ1v) is 14.3. The maximum absolute atomic E-state index is 12.8. The van der Waals surface area contributed by atoms with Crippen LogP contribution in [0.1, 0.15) is 53.1 Å². The molecule has 4 aromatic rings. The van der Waals surface area contributed by atoms with E-state index in [1.54, 1.807) is 24.3 Å². The van der Waals surface area contributed by atoms with Crippen LogP contribution in [0, 0.1) is 0 Å². The molecule has 0 unspecified atom stereocenters. The van der Waals surface area contributed by atoms with E-state index in [9.17, 15) is 22.8 Å². The number of carbonyl (C=O) groups excluding carboxylic acids is 2. The van der Waals surface area contributed by atoms with Gasteiger partial charge in [-0.15, -0.1) is 0 Å². The number of hydrogen-bond acceptors (Lipinski definition) is 3. The molecular weight excluding hydrogens is 541 g/mol. The van der Waals surface area contributed by atoms with Crippen LogP contribution in [0.5, 0.6) is 0 Å². The van der Waals surface area contributed by atoms with Gasteiger partial charge in [-0.1, -0.05) is 42.5 Å². The lowest BCUT2D eigenvalue weighted by Crippen LogP contribution is -2.34. The van der Waals surface area contributed by atoms with Crippen LogP contribution in [0.4, 0.5) is 13.2 Å². The van der Waals surface area contributed by atoms with E-state index in [2.05, 4.69) is 22.5 Å². The average molecular weight is 577 g/mol. The summed E-state index contributed by atoms with van der Waals surface area (Å²) in [4.78, 5) is 26.6.